The number of methoxy groups -OCH3 is 3. The molecule has 1 fully saturated rings. The van der Waals surface area contributed by atoms with Crippen molar-refractivity contribution in [3.8, 4) is 17.2 Å². The van der Waals surface area contributed by atoms with Crippen molar-refractivity contribution in [2.75, 3.05) is 41.0 Å². The van der Waals surface area contributed by atoms with Crippen LogP contribution in [-0.2, 0) is 17.8 Å². The number of carbonyl (C=O) groups excluding carboxylic acids is 2. The number of carbonyl (C=O) groups is 2. The molecule has 0 saturated carbocycles. The van der Waals surface area contributed by atoms with Gasteiger partial charge in [0.2, 0.25) is 5.91 Å². The Morgan fingerprint density at radius 2 is 1.49 bits per heavy atom. The quantitative estimate of drug-likeness (QED) is 0.509. The van der Waals surface area contributed by atoms with E-state index in [0.29, 0.717) is 49.0 Å². The molecule has 3 aromatic rings. The number of ether oxygens (including phenoxy) is 3. The molecule has 0 spiro atoms. The van der Waals surface area contributed by atoms with Crippen LogP contribution in [0.1, 0.15) is 33.0 Å². The van der Waals surface area contributed by atoms with Crippen LogP contribution in [0.25, 0.3) is 0 Å². The van der Waals surface area contributed by atoms with Gasteiger partial charge in [-0.3, -0.25) is 9.59 Å². The Kier molecular flexibility index (Phi) is 7.04. The van der Waals surface area contributed by atoms with Gasteiger partial charge in [-0.1, -0.05) is 24.3 Å². The summed E-state index contributed by atoms with van der Waals surface area (Å²) in [5.41, 5.74) is 3.92. The van der Waals surface area contributed by atoms with E-state index in [9.17, 15) is 9.59 Å². The molecular formula is C30H32N2O5. The first-order chi connectivity index (χ1) is 18.0. The fourth-order valence-electron chi connectivity index (χ4n) is 5.50. The van der Waals surface area contributed by atoms with Gasteiger partial charge in [0.25, 0.3) is 5.91 Å². The zero-order valence-corrected chi connectivity index (χ0v) is 21.5. The van der Waals surface area contributed by atoms with E-state index in [0.717, 1.165) is 12.0 Å². The predicted octanol–water partition coefficient (Wildman–Crippen LogP) is 4.15. The Morgan fingerprint density at radius 3 is 2.19 bits per heavy atom. The topological polar surface area (TPSA) is 68.3 Å². The molecule has 192 valence electrons. The fraction of sp³-hybridized carbons (Fsp3) is 0.333. The second kappa shape index (κ2) is 10.5. The summed E-state index contributed by atoms with van der Waals surface area (Å²) >= 11 is 0. The Bertz CT molecular complexity index is 1290. The zero-order valence-electron chi connectivity index (χ0n) is 21.5. The summed E-state index contributed by atoms with van der Waals surface area (Å²) in [4.78, 5) is 31.3. The molecule has 1 saturated heterocycles. The minimum atomic E-state index is -0.395. The lowest BCUT2D eigenvalue weighted by molar-refractivity contribution is -0.136. The van der Waals surface area contributed by atoms with Gasteiger partial charge >= 0.3 is 0 Å². The summed E-state index contributed by atoms with van der Waals surface area (Å²) in [6.45, 7) is 2.00. The van der Waals surface area contributed by atoms with E-state index in [4.69, 9.17) is 14.2 Å². The Labute approximate surface area is 217 Å². The van der Waals surface area contributed by atoms with Crippen molar-refractivity contribution in [3.63, 3.8) is 0 Å². The number of amides is 2. The third-order valence-electron chi connectivity index (χ3n) is 7.54. The van der Waals surface area contributed by atoms with Crippen molar-refractivity contribution in [2.45, 2.75) is 18.9 Å². The van der Waals surface area contributed by atoms with E-state index >= 15 is 0 Å². The highest BCUT2D eigenvalue weighted by molar-refractivity contribution is 5.95. The normalized spacial score (nSPS) is 18.8. The minimum Gasteiger partial charge on any atom is -0.497 e. The van der Waals surface area contributed by atoms with E-state index in [2.05, 4.69) is 12.1 Å². The summed E-state index contributed by atoms with van der Waals surface area (Å²) in [5.74, 6) is 1.41. The molecule has 0 aromatic heterocycles. The average Bonchev–Trinajstić information content (AvgIpc) is 3.41. The van der Waals surface area contributed by atoms with Crippen molar-refractivity contribution in [3.05, 3.63) is 89.0 Å². The maximum atomic E-state index is 14.0. The number of hydrogen-bond acceptors (Lipinski definition) is 5. The van der Waals surface area contributed by atoms with Gasteiger partial charge in [0.05, 0.1) is 27.2 Å². The molecule has 2 atom stereocenters. The Morgan fingerprint density at radius 1 is 0.784 bits per heavy atom. The van der Waals surface area contributed by atoms with Crippen molar-refractivity contribution in [1.29, 1.82) is 0 Å². The summed E-state index contributed by atoms with van der Waals surface area (Å²) in [6, 6.07) is 21.0. The molecule has 0 radical (unpaired) electrons. The Hall–Kier alpha value is -4.00. The molecule has 2 heterocycles. The van der Waals surface area contributed by atoms with Crippen molar-refractivity contribution in [1.82, 2.24) is 9.80 Å². The predicted molar refractivity (Wildman–Crippen MR) is 140 cm³/mol. The summed E-state index contributed by atoms with van der Waals surface area (Å²) in [6.07, 6.45) is 0.830. The van der Waals surface area contributed by atoms with E-state index in [-0.39, 0.29) is 17.7 Å². The lowest BCUT2D eigenvalue weighted by Gasteiger charge is -2.32. The number of benzene rings is 3. The second-order valence-corrected chi connectivity index (χ2v) is 9.54. The molecule has 0 bridgehead atoms. The molecule has 2 aliphatic rings. The van der Waals surface area contributed by atoms with Crippen LogP contribution >= 0.6 is 0 Å². The summed E-state index contributed by atoms with van der Waals surface area (Å²) in [5, 5.41) is 0. The van der Waals surface area contributed by atoms with Crippen LogP contribution in [0.4, 0.5) is 0 Å². The second-order valence-electron chi connectivity index (χ2n) is 9.54. The molecular weight excluding hydrogens is 468 g/mol. The van der Waals surface area contributed by atoms with Crippen LogP contribution in [0.2, 0.25) is 0 Å². The van der Waals surface area contributed by atoms with E-state index in [1.54, 1.807) is 50.5 Å². The molecule has 3 aromatic carbocycles. The van der Waals surface area contributed by atoms with Crippen LogP contribution < -0.4 is 14.2 Å². The first kappa shape index (κ1) is 24.7. The van der Waals surface area contributed by atoms with Gasteiger partial charge in [0.1, 0.15) is 17.2 Å². The van der Waals surface area contributed by atoms with Crippen molar-refractivity contribution >= 4 is 11.8 Å². The van der Waals surface area contributed by atoms with E-state index in [1.807, 2.05) is 35.2 Å². The molecule has 7 nitrogen and oxygen atoms in total. The van der Waals surface area contributed by atoms with E-state index < -0.39 is 5.92 Å². The van der Waals surface area contributed by atoms with Gasteiger partial charge in [-0.15, -0.1) is 0 Å². The van der Waals surface area contributed by atoms with Gasteiger partial charge in [-0.05, 0) is 60.0 Å². The average molecular weight is 501 g/mol. The largest absolute Gasteiger partial charge is 0.497 e. The number of rotatable bonds is 6. The van der Waals surface area contributed by atoms with E-state index in [1.165, 1.54) is 11.1 Å². The Balaban J connectivity index is 1.47. The van der Waals surface area contributed by atoms with Crippen LogP contribution in [0.5, 0.6) is 17.2 Å². The monoisotopic (exact) mass is 500 g/mol. The molecule has 0 unspecified atom stereocenters. The molecule has 0 N–H and O–H groups in total. The molecule has 0 aliphatic carbocycles. The molecule has 2 aliphatic heterocycles. The highest BCUT2D eigenvalue weighted by atomic mass is 16.5. The van der Waals surface area contributed by atoms with Crippen LogP contribution in [-0.4, -0.2) is 62.6 Å². The lowest BCUT2D eigenvalue weighted by Crippen LogP contribution is -2.42. The number of hydrogen-bond donors (Lipinski definition) is 0. The number of fused-ring (bicyclic) bond motifs is 1. The zero-order chi connectivity index (χ0) is 25.9. The molecule has 37 heavy (non-hydrogen) atoms. The van der Waals surface area contributed by atoms with Crippen LogP contribution in [0.15, 0.2) is 66.7 Å². The smallest absolute Gasteiger partial charge is 0.253 e. The summed E-state index contributed by atoms with van der Waals surface area (Å²) in [7, 11) is 4.84. The first-order valence-corrected chi connectivity index (χ1v) is 12.5. The van der Waals surface area contributed by atoms with Crippen LogP contribution in [0.3, 0.4) is 0 Å². The summed E-state index contributed by atoms with van der Waals surface area (Å²) < 4.78 is 16.4. The fourth-order valence-corrected chi connectivity index (χ4v) is 5.50. The van der Waals surface area contributed by atoms with Gasteiger partial charge in [-0.25, -0.2) is 0 Å². The SMILES string of the molecule is COc1ccc(C(=O)N2C[C@H](c3cc(OC)ccc3OC)[C@H](C(=O)N3CCc4ccccc4C3)C2)cc1. The third-order valence-corrected chi connectivity index (χ3v) is 7.54. The minimum absolute atomic E-state index is 0.0643. The maximum Gasteiger partial charge on any atom is 0.253 e. The lowest BCUT2D eigenvalue weighted by atomic mass is 9.86. The number of likely N-dealkylation sites (tertiary alicyclic amines) is 1. The van der Waals surface area contributed by atoms with Crippen molar-refractivity contribution < 1.29 is 23.8 Å². The van der Waals surface area contributed by atoms with Gasteiger partial charge in [0.15, 0.2) is 0 Å². The molecule has 5 rings (SSSR count). The van der Waals surface area contributed by atoms with Gasteiger partial charge < -0.3 is 24.0 Å². The van der Waals surface area contributed by atoms with Gasteiger partial charge in [0, 0.05) is 43.2 Å². The van der Waals surface area contributed by atoms with Crippen molar-refractivity contribution in [2.24, 2.45) is 5.92 Å². The molecule has 2 amide bonds. The molecule has 7 heteroatoms. The third kappa shape index (κ3) is 4.86. The standard InChI is InChI=1S/C30H32N2O5/c1-35-23-10-8-21(9-11-23)29(33)32-18-26(25-16-24(36-2)12-13-28(25)37-3)27(19-32)30(34)31-15-14-20-6-4-5-7-22(20)17-31/h4-13,16,26-27H,14-15,17-19H2,1-3H3/t26-,27-/m1/s1. The van der Waals surface area contributed by atoms with Gasteiger partial charge in [-0.2, -0.15) is 0 Å². The number of nitrogens with zero attached hydrogens (tertiary/aromatic N) is 2. The highest BCUT2D eigenvalue weighted by Gasteiger charge is 2.43. The highest BCUT2D eigenvalue weighted by Crippen LogP contribution is 2.41. The first-order valence-electron chi connectivity index (χ1n) is 12.5. The van der Waals surface area contributed by atoms with Crippen LogP contribution in [0, 0.1) is 5.92 Å². The maximum absolute atomic E-state index is 14.0.